The van der Waals surface area contributed by atoms with Gasteiger partial charge in [0.1, 0.15) is 0 Å². The van der Waals surface area contributed by atoms with Gasteiger partial charge in [-0.2, -0.15) is 0 Å². The van der Waals surface area contributed by atoms with Gasteiger partial charge in [-0.1, -0.05) is 69.9 Å². The molecular weight excluding hydrogens is 508 g/mol. The van der Waals surface area contributed by atoms with E-state index in [0.29, 0.717) is 19.7 Å². The maximum absolute atomic E-state index is 11.1. The van der Waals surface area contributed by atoms with Crippen LogP contribution in [0, 0.1) is 12.3 Å². The van der Waals surface area contributed by atoms with Crippen molar-refractivity contribution in [3.63, 3.8) is 0 Å². The van der Waals surface area contributed by atoms with Crippen LogP contribution in [-0.4, -0.2) is 29.7 Å². The third-order valence-electron chi connectivity index (χ3n) is 7.90. The van der Waals surface area contributed by atoms with E-state index < -0.39 is 0 Å². The number of carbonyl (C=O) groups excluding carboxylic acids is 1. The van der Waals surface area contributed by atoms with Gasteiger partial charge in [-0.3, -0.25) is 9.78 Å². The molecule has 41 heavy (non-hydrogen) atoms. The van der Waals surface area contributed by atoms with Crippen LogP contribution in [-0.2, 0) is 40.3 Å². The maximum atomic E-state index is 11.1. The van der Waals surface area contributed by atoms with Crippen molar-refractivity contribution in [3.05, 3.63) is 77.1 Å². The van der Waals surface area contributed by atoms with Crippen molar-refractivity contribution in [2.75, 3.05) is 13.7 Å². The van der Waals surface area contributed by atoms with Gasteiger partial charge in [0.15, 0.2) is 0 Å². The second-order valence-corrected chi connectivity index (χ2v) is 12.0. The van der Waals surface area contributed by atoms with Gasteiger partial charge in [0.05, 0.1) is 24.6 Å². The Morgan fingerprint density at radius 2 is 1.83 bits per heavy atom. The van der Waals surface area contributed by atoms with E-state index in [2.05, 4.69) is 86.6 Å². The maximum Gasteiger partial charge on any atom is 0.293 e. The summed E-state index contributed by atoms with van der Waals surface area (Å²) in [6.07, 6.45) is 8.76. The normalized spacial score (nSPS) is 11.8. The first-order valence-electron chi connectivity index (χ1n) is 15.1. The molecule has 0 atom stereocenters. The first-order valence-corrected chi connectivity index (χ1v) is 15.1. The Balaban J connectivity index is 1.90. The molecule has 5 heteroatoms. The third kappa shape index (κ3) is 7.26. The molecule has 2 aromatic carbocycles. The minimum absolute atomic E-state index is 0.253. The summed E-state index contributed by atoms with van der Waals surface area (Å²) in [4.78, 5) is 15.8. The number of fused-ring (bicyclic) bond motifs is 1. The minimum Gasteiger partial charge on any atom is -0.467 e. The van der Waals surface area contributed by atoms with Gasteiger partial charge in [0, 0.05) is 41.7 Å². The standard InChI is InChI=1S/C36H46N2O3/c1-7-9-10-11-13-27-18-26(3)19-29(20-27)28-15-16-34-31(21-28)32(22-36(4,5)24-41-25-39)35(38(34)8-2)30-14-12-17-37-33(30)23-40-6/h12,14-21,25H,7-11,13,22-24H2,1-6H3. The number of aryl methyl sites for hydroxylation is 3. The molecule has 0 aliphatic rings. The van der Waals surface area contributed by atoms with Crippen LogP contribution < -0.4 is 0 Å². The fourth-order valence-corrected chi connectivity index (χ4v) is 6.04. The molecule has 0 bridgehead atoms. The molecule has 4 rings (SSSR count). The Morgan fingerprint density at radius 3 is 2.56 bits per heavy atom. The highest BCUT2D eigenvalue weighted by molar-refractivity contribution is 5.95. The van der Waals surface area contributed by atoms with Crippen LogP contribution in [0.1, 0.15) is 75.8 Å². The zero-order valence-electron chi connectivity index (χ0n) is 25.8. The van der Waals surface area contributed by atoms with Crippen molar-refractivity contribution in [3.8, 4) is 22.4 Å². The van der Waals surface area contributed by atoms with Crippen molar-refractivity contribution in [1.82, 2.24) is 9.55 Å². The molecule has 218 valence electrons. The number of unbranched alkanes of at least 4 members (excludes halogenated alkanes) is 3. The number of aromatic nitrogens is 2. The molecule has 0 saturated heterocycles. The van der Waals surface area contributed by atoms with Gasteiger partial charge in [-0.25, -0.2) is 0 Å². The molecule has 0 saturated carbocycles. The number of hydrogen-bond acceptors (Lipinski definition) is 4. The fraction of sp³-hybridized carbons (Fsp3) is 0.444. The second kappa shape index (κ2) is 14.0. The van der Waals surface area contributed by atoms with Gasteiger partial charge < -0.3 is 14.0 Å². The molecule has 2 aromatic heterocycles. The van der Waals surface area contributed by atoms with E-state index in [1.807, 2.05) is 12.3 Å². The van der Waals surface area contributed by atoms with Crippen LogP contribution in [0.3, 0.4) is 0 Å². The van der Waals surface area contributed by atoms with E-state index >= 15 is 0 Å². The van der Waals surface area contributed by atoms with Gasteiger partial charge in [0.25, 0.3) is 6.47 Å². The Bertz CT molecular complexity index is 1470. The minimum atomic E-state index is -0.253. The SMILES string of the molecule is CCCCCCc1cc(C)cc(-c2ccc3c(c2)c(CC(C)(C)COC=O)c(-c2cccnc2COC)n3CC)c1. The van der Waals surface area contributed by atoms with Gasteiger partial charge >= 0.3 is 0 Å². The summed E-state index contributed by atoms with van der Waals surface area (Å²) in [5.74, 6) is 0. The van der Waals surface area contributed by atoms with Crippen LogP contribution in [0.15, 0.2) is 54.7 Å². The zero-order valence-corrected chi connectivity index (χ0v) is 25.8. The number of carbonyl (C=O) groups is 1. The summed E-state index contributed by atoms with van der Waals surface area (Å²) < 4.78 is 13.2. The molecule has 0 amide bonds. The van der Waals surface area contributed by atoms with Crippen molar-refractivity contribution in [2.24, 2.45) is 5.41 Å². The Morgan fingerprint density at radius 1 is 1.00 bits per heavy atom. The van der Waals surface area contributed by atoms with Gasteiger partial charge in [-0.05, 0) is 79.6 Å². The van der Waals surface area contributed by atoms with Gasteiger partial charge in [-0.15, -0.1) is 0 Å². The number of rotatable bonds is 15. The number of benzene rings is 2. The topological polar surface area (TPSA) is 53.4 Å². The summed E-state index contributed by atoms with van der Waals surface area (Å²) in [5, 5.41) is 1.23. The molecule has 0 fully saturated rings. The first kappa shape index (κ1) is 30.5. The zero-order chi connectivity index (χ0) is 29.4. The largest absolute Gasteiger partial charge is 0.467 e. The Hall–Kier alpha value is -3.44. The van der Waals surface area contributed by atoms with Crippen LogP contribution in [0.2, 0.25) is 0 Å². The van der Waals surface area contributed by atoms with Crippen molar-refractivity contribution < 1.29 is 14.3 Å². The third-order valence-corrected chi connectivity index (χ3v) is 7.90. The Labute approximate surface area is 245 Å². The smallest absolute Gasteiger partial charge is 0.293 e. The van der Waals surface area contributed by atoms with Crippen molar-refractivity contribution in [2.45, 2.75) is 86.3 Å². The van der Waals surface area contributed by atoms with Gasteiger partial charge in [0.2, 0.25) is 0 Å². The molecule has 5 nitrogen and oxygen atoms in total. The lowest BCUT2D eigenvalue weighted by atomic mass is 9.84. The molecule has 0 unspecified atom stereocenters. The van der Waals surface area contributed by atoms with Crippen LogP contribution in [0.5, 0.6) is 0 Å². The van der Waals surface area contributed by atoms with E-state index in [1.54, 1.807) is 7.11 Å². The highest BCUT2D eigenvalue weighted by Gasteiger charge is 2.27. The van der Waals surface area contributed by atoms with Crippen LogP contribution in [0.4, 0.5) is 0 Å². The number of nitrogens with zero attached hydrogens (tertiary/aromatic N) is 2. The molecule has 2 heterocycles. The molecule has 4 aromatic rings. The molecule has 0 aliphatic carbocycles. The van der Waals surface area contributed by atoms with E-state index in [4.69, 9.17) is 9.47 Å². The van der Waals surface area contributed by atoms with E-state index in [9.17, 15) is 4.79 Å². The quantitative estimate of drug-likeness (QED) is 0.109. The lowest BCUT2D eigenvalue weighted by Crippen LogP contribution is -2.22. The highest BCUT2D eigenvalue weighted by Crippen LogP contribution is 2.40. The van der Waals surface area contributed by atoms with E-state index in [1.165, 1.54) is 70.1 Å². The monoisotopic (exact) mass is 554 g/mol. The number of pyridine rings is 1. The predicted octanol–water partition coefficient (Wildman–Crippen LogP) is 8.71. The van der Waals surface area contributed by atoms with Crippen LogP contribution in [0.25, 0.3) is 33.3 Å². The summed E-state index contributed by atoms with van der Waals surface area (Å²) >= 11 is 0. The van der Waals surface area contributed by atoms with Crippen LogP contribution >= 0.6 is 0 Å². The summed E-state index contributed by atoms with van der Waals surface area (Å²) in [5.41, 5.74) is 10.6. The lowest BCUT2D eigenvalue weighted by Gasteiger charge is -2.24. The predicted molar refractivity (Wildman–Crippen MR) is 169 cm³/mol. The van der Waals surface area contributed by atoms with Crippen molar-refractivity contribution >= 4 is 17.4 Å². The molecule has 0 spiro atoms. The molecule has 0 aliphatic heterocycles. The average molecular weight is 555 g/mol. The molecule has 0 radical (unpaired) electrons. The average Bonchev–Trinajstić information content (AvgIpc) is 3.26. The van der Waals surface area contributed by atoms with E-state index in [-0.39, 0.29) is 5.41 Å². The lowest BCUT2D eigenvalue weighted by molar-refractivity contribution is -0.131. The summed E-state index contributed by atoms with van der Waals surface area (Å²) in [6.45, 7) is 13.1. The number of hydrogen-bond donors (Lipinski definition) is 0. The second-order valence-electron chi connectivity index (χ2n) is 12.0. The summed E-state index contributed by atoms with van der Waals surface area (Å²) in [7, 11) is 1.71. The first-order chi connectivity index (χ1) is 19.8. The fourth-order valence-electron chi connectivity index (χ4n) is 6.04. The number of ether oxygens (including phenoxy) is 2. The highest BCUT2D eigenvalue weighted by atomic mass is 16.5. The number of methoxy groups -OCH3 is 1. The van der Waals surface area contributed by atoms with Crippen molar-refractivity contribution in [1.29, 1.82) is 0 Å². The summed E-state index contributed by atoms with van der Waals surface area (Å²) in [6, 6.07) is 18.0. The molecule has 0 N–H and O–H groups in total. The van der Waals surface area contributed by atoms with E-state index in [0.717, 1.165) is 30.6 Å². The Kier molecular flexibility index (Phi) is 10.4. The molecular formula is C36H46N2O3.